The number of nitrogens with zero attached hydrogens (tertiary/aromatic N) is 6. The van der Waals surface area contributed by atoms with E-state index in [4.69, 9.17) is 9.26 Å². The third-order valence-electron chi connectivity index (χ3n) is 9.29. The van der Waals surface area contributed by atoms with Gasteiger partial charge in [0.2, 0.25) is 5.95 Å². The molecule has 0 unspecified atom stereocenters. The molecule has 0 saturated heterocycles. The zero-order valence-corrected chi connectivity index (χ0v) is 29.6. The summed E-state index contributed by atoms with van der Waals surface area (Å²) in [5, 5.41) is 7.18. The maximum Gasteiger partial charge on any atom is 0.419 e. The number of hydrogen-bond acceptors (Lipinski definition) is 10. The average Bonchev–Trinajstić information content (AvgIpc) is 3.70. The Kier molecular flexibility index (Phi) is 9.40. The molecule has 1 aliphatic carbocycles. The molecule has 274 valence electrons. The van der Waals surface area contributed by atoms with Crippen LogP contribution in [-0.2, 0) is 27.5 Å². The molecular weight excluding hydrogens is 712 g/mol. The highest BCUT2D eigenvalue weighted by Crippen LogP contribution is 2.41. The number of benzene rings is 2. The second-order valence-electron chi connectivity index (χ2n) is 12.6. The van der Waals surface area contributed by atoms with E-state index in [0.29, 0.717) is 48.3 Å². The first-order chi connectivity index (χ1) is 25.4. The van der Waals surface area contributed by atoms with Gasteiger partial charge in [0.05, 0.1) is 33.6 Å². The number of nitrogens with one attached hydrogen (secondary N) is 1. The van der Waals surface area contributed by atoms with E-state index in [-0.39, 0.29) is 46.1 Å². The van der Waals surface area contributed by atoms with E-state index in [9.17, 15) is 26.4 Å². The van der Waals surface area contributed by atoms with E-state index < -0.39 is 33.6 Å². The van der Waals surface area contributed by atoms with E-state index >= 15 is 0 Å². The molecule has 16 heteroatoms. The molecule has 0 spiro atoms. The SMILES string of the molecule is CCN(C(=O)OCc1ccccc1)[C@H]1CC[C@@H]1Nc1ncc(C(F)(F)F)c(-c2cn(S(=O)(=O)c3ccccc3)c3nc(-c4c(C)noc4C)ccc23)n1. The predicted octanol–water partition coefficient (Wildman–Crippen LogP) is 7.62. The first-order valence-electron chi connectivity index (χ1n) is 16.8. The summed E-state index contributed by atoms with van der Waals surface area (Å²) in [5.41, 5.74) is 0.238. The number of fused-ring (bicyclic) bond motifs is 1. The van der Waals surface area contributed by atoms with Crippen LogP contribution in [0.4, 0.5) is 23.9 Å². The molecule has 4 heterocycles. The Labute approximate surface area is 302 Å². The minimum absolute atomic E-state index is 0.0899. The number of halogens is 3. The van der Waals surface area contributed by atoms with Gasteiger partial charge in [-0.05, 0) is 63.4 Å². The minimum atomic E-state index is -4.90. The first kappa shape index (κ1) is 35.6. The Morgan fingerprint density at radius 3 is 2.36 bits per heavy atom. The van der Waals surface area contributed by atoms with Crippen molar-refractivity contribution in [1.29, 1.82) is 0 Å². The zero-order chi connectivity index (χ0) is 37.5. The molecule has 2 atom stereocenters. The summed E-state index contributed by atoms with van der Waals surface area (Å²) in [5.74, 6) is 0.313. The molecule has 53 heavy (non-hydrogen) atoms. The Morgan fingerprint density at radius 2 is 1.74 bits per heavy atom. The number of amides is 1. The van der Waals surface area contributed by atoms with E-state index in [2.05, 4.69) is 25.4 Å². The van der Waals surface area contributed by atoms with E-state index in [1.165, 1.54) is 18.2 Å². The maximum absolute atomic E-state index is 14.6. The van der Waals surface area contributed by atoms with Gasteiger partial charge in [-0.25, -0.2) is 32.1 Å². The number of rotatable bonds is 10. The second-order valence-corrected chi connectivity index (χ2v) is 14.4. The fourth-order valence-electron chi connectivity index (χ4n) is 6.50. The molecule has 1 amide bonds. The topological polar surface area (TPSA) is 145 Å². The van der Waals surface area contributed by atoms with Crippen LogP contribution in [0.25, 0.3) is 33.5 Å². The number of likely N-dealkylation sites (N-methyl/N-ethyl adjacent to an activating group) is 1. The predicted molar refractivity (Wildman–Crippen MR) is 189 cm³/mol. The van der Waals surface area contributed by atoms with E-state index in [0.717, 1.165) is 15.7 Å². The van der Waals surface area contributed by atoms with Crippen LogP contribution in [0.15, 0.2) is 94.6 Å². The molecule has 1 fully saturated rings. The van der Waals surface area contributed by atoms with Gasteiger partial charge in [0, 0.05) is 35.9 Å². The molecule has 0 aliphatic heterocycles. The highest BCUT2D eigenvalue weighted by Gasteiger charge is 2.40. The lowest BCUT2D eigenvalue weighted by molar-refractivity contribution is -0.137. The largest absolute Gasteiger partial charge is 0.445 e. The Morgan fingerprint density at radius 1 is 1.02 bits per heavy atom. The van der Waals surface area contributed by atoms with Gasteiger partial charge < -0.3 is 19.5 Å². The van der Waals surface area contributed by atoms with Crippen LogP contribution in [0.5, 0.6) is 0 Å². The van der Waals surface area contributed by atoms with Crippen molar-refractivity contribution in [2.24, 2.45) is 0 Å². The summed E-state index contributed by atoms with van der Waals surface area (Å²) in [4.78, 5) is 27.6. The quantitative estimate of drug-likeness (QED) is 0.149. The third kappa shape index (κ3) is 6.81. The van der Waals surface area contributed by atoms with Crippen molar-refractivity contribution < 1.29 is 35.6 Å². The smallest absolute Gasteiger partial charge is 0.419 e. The molecule has 12 nitrogen and oxygen atoms in total. The van der Waals surface area contributed by atoms with Crippen molar-refractivity contribution in [2.75, 3.05) is 11.9 Å². The molecular formula is C37H34F3N7O5S. The van der Waals surface area contributed by atoms with Gasteiger partial charge in [0.1, 0.15) is 17.9 Å². The van der Waals surface area contributed by atoms with Gasteiger partial charge >= 0.3 is 12.3 Å². The van der Waals surface area contributed by atoms with Crippen LogP contribution < -0.4 is 5.32 Å². The normalized spacial score (nSPS) is 16.0. The fourth-order valence-corrected chi connectivity index (χ4v) is 7.83. The minimum Gasteiger partial charge on any atom is -0.445 e. The highest BCUT2D eigenvalue weighted by molar-refractivity contribution is 7.90. The lowest BCUT2D eigenvalue weighted by Gasteiger charge is -2.43. The molecule has 4 aromatic heterocycles. The zero-order valence-electron chi connectivity index (χ0n) is 28.8. The van der Waals surface area contributed by atoms with Crippen molar-refractivity contribution >= 4 is 33.1 Å². The molecule has 6 aromatic rings. The number of hydrogen-bond donors (Lipinski definition) is 1. The summed E-state index contributed by atoms with van der Waals surface area (Å²) in [6, 6.07) is 19.1. The van der Waals surface area contributed by atoms with Crippen LogP contribution in [0.2, 0.25) is 0 Å². The Balaban J connectivity index is 1.28. The van der Waals surface area contributed by atoms with Gasteiger partial charge in [-0.3, -0.25) is 0 Å². The third-order valence-corrected chi connectivity index (χ3v) is 11.0. The molecule has 7 rings (SSSR count). The van der Waals surface area contributed by atoms with Crippen molar-refractivity contribution in [3.63, 3.8) is 0 Å². The number of aryl methyl sites for hydroxylation is 2. The van der Waals surface area contributed by atoms with Crippen LogP contribution in [0.3, 0.4) is 0 Å². The number of aromatic nitrogens is 5. The molecule has 1 aliphatic rings. The monoisotopic (exact) mass is 745 g/mol. The number of anilines is 1. The number of pyridine rings is 1. The van der Waals surface area contributed by atoms with E-state index in [1.54, 1.807) is 43.0 Å². The lowest BCUT2D eigenvalue weighted by atomic mass is 9.85. The Bertz CT molecular complexity index is 2380. The first-order valence-corrected chi connectivity index (χ1v) is 18.2. The summed E-state index contributed by atoms with van der Waals surface area (Å²) < 4.78 is 83.7. The van der Waals surface area contributed by atoms with Crippen LogP contribution in [0, 0.1) is 13.8 Å². The molecule has 2 aromatic carbocycles. The van der Waals surface area contributed by atoms with Crippen LogP contribution in [-0.4, -0.2) is 62.1 Å². The van der Waals surface area contributed by atoms with Crippen molar-refractivity contribution in [3.05, 3.63) is 108 Å². The maximum atomic E-state index is 14.6. The molecule has 0 bridgehead atoms. The molecule has 0 radical (unpaired) electrons. The number of carbonyl (C=O) groups is 1. The standard InChI is InChI=1S/C37H34F3N7O5S/c1-4-46(36(48)51-21-24-11-7-5-8-12-24)31-18-17-29(31)43-35-41-19-28(37(38,39)40)33(44-35)27-20-47(53(49,50)25-13-9-6-10-14-25)34-26(27)15-16-30(42-34)32-22(2)45-52-23(32)3/h5-16,19-20,29,31H,4,17-18,21H2,1-3H3,(H,41,43,44)/t29-,31-/m0/s1. The fraction of sp³-hybridized carbons (Fsp3) is 0.270. The van der Waals surface area contributed by atoms with E-state index in [1.807, 2.05) is 37.3 Å². The van der Waals surface area contributed by atoms with Crippen molar-refractivity contribution in [3.8, 4) is 22.5 Å². The molecule has 1 saturated carbocycles. The summed E-state index contributed by atoms with van der Waals surface area (Å²) >= 11 is 0. The van der Waals surface area contributed by atoms with Gasteiger partial charge in [0.15, 0.2) is 5.65 Å². The van der Waals surface area contributed by atoms with Gasteiger partial charge in [-0.1, -0.05) is 53.7 Å². The van der Waals surface area contributed by atoms with Crippen molar-refractivity contribution in [1.82, 2.24) is 29.0 Å². The number of carbonyl (C=O) groups excluding carboxylic acids is 1. The van der Waals surface area contributed by atoms with Gasteiger partial charge in [0.25, 0.3) is 10.0 Å². The summed E-state index contributed by atoms with van der Waals surface area (Å²) in [6.45, 7) is 5.63. The number of alkyl halides is 3. The lowest BCUT2D eigenvalue weighted by Crippen LogP contribution is -2.56. The number of ether oxygens (including phenoxy) is 1. The molecule has 1 N–H and O–H groups in total. The average molecular weight is 746 g/mol. The second kappa shape index (κ2) is 14.0. The highest BCUT2D eigenvalue weighted by atomic mass is 32.2. The van der Waals surface area contributed by atoms with Gasteiger partial charge in [-0.2, -0.15) is 13.2 Å². The van der Waals surface area contributed by atoms with Crippen LogP contribution >= 0.6 is 0 Å². The van der Waals surface area contributed by atoms with Crippen molar-refractivity contribution in [2.45, 2.75) is 63.4 Å². The Hall–Kier alpha value is -5.77. The van der Waals surface area contributed by atoms with Crippen LogP contribution in [0.1, 0.15) is 42.3 Å². The van der Waals surface area contributed by atoms with Gasteiger partial charge in [-0.15, -0.1) is 0 Å². The summed E-state index contributed by atoms with van der Waals surface area (Å²) in [6.07, 6.45) is -2.42. The summed E-state index contributed by atoms with van der Waals surface area (Å²) in [7, 11) is -4.36.